The molecule has 9 nitrogen and oxygen atoms in total. The van der Waals surface area contributed by atoms with Crippen LogP contribution >= 0.6 is 12.6 Å². The van der Waals surface area contributed by atoms with Crippen molar-refractivity contribution in [1.82, 2.24) is 5.06 Å². The molecule has 5 aliphatic carbocycles. The van der Waals surface area contributed by atoms with Gasteiger partial charge in [-0.05, 0) is 103 Å². The Balaban J connectivity index is 1.51. The molecule has 0 radical (unpaired) electrons. The summed E-state index contributed by atoms with van der Waals surface area (Å²) in [5.41, 5.74) is -0.410. The molecule has 4 fully saturated rings. The zero-order valence-electron chi connectivity index (χ0n) is 29.3. The Morgan fingerprint density at radius 1 is 0.936 bits per heavy atom. The first-order chi connectivity index (χ1) is 21.7. The van der Waals surface area contributed by atoms with Gasteiger partial charge in [0.15, 0.2) is 11.8 Å². The van der Waals surface area contributed by atoms with Crippen molar-refractivity contribution in [2.75, 3.05) is 5.75 Å². The van der Waals surface area contributed by atoms with E-state index in [2.05, 4.69) is 54.2 Å². The van der Waals surface area contributed by atoms with E-state index in [0.29, 0.717) is 30.2 Å². The van der Waals surface area contributed by atoms with Crippen molar-refractivity contribution >= 4 is 42.2 Å². The maximum Gasteiger partial charge on any atom is 0.333 e. The predicted octanol–water partition coefficient (Wildman–Crippen LogP) is 6.89. The normalized spacial score (nSPS) is 41.1. The van der Waals surface area contributed by atoms with E-state index in [1.165, 1.54) is 6.42 Å². The SMILES string of the molecule is CC1(C(=O)N(OC(=O)CCC(=O)O)[C@@H](CS)C(=O)O)CC[C@]2(C)CC[C@]3(C)C(=CC(=O)C4[C@@]5(C)CCCC(C)(C)C5CC[C@]43C)[C@@H]2C1. The highest BCUT2D eigenvalue weighted by Crippen LogP contribution is 2.75. The van der Waals surface area contributed by atoms with Gasteiger partial charge >= 0.3 is 17.9 Å². The summed E-state index contributed by atoms with van der Waals surface area (Å²) in [5.74, 6) is -3.91. The number of hydrogen-bond acceptors (Lipinski definition) is 7. The van der Waals surface area contributed by atoms with Crippen molar-refractivity contribution in [2.24, 2.45) is 50.2 Å². The van der Waals surface area contributed by atoms with Gasteiger partial charge in [0.1, 0.15) is 0 Å². The van der Waals surface area contributed by atoms with E-state index >= 15 is 0 Å². The molecule has 0 aliphatic heterocycles. The summed E-state index contributed by atoms with van der Waals surface area (Å²) in [5, 5.41) is 19.6. The summed E-state index contributed by atoms with van der Waals surface area (Å²) in [6.45, 7) is 16.0. The van der Waals surface area contributed by atoms with E-state index < -0.39 is 48.1 Å². The summed E-state index contributed by atoms with van der Waals surface area (Å²) < 4.78 is 0. The average Bonchev–Trinajstić information content (AvgIpc) is 2.96. The van der Waals surface area contributed by atoms with Gasteiger partial charge in [-0.2, -0.15) is 17.7 Å². The zero-order valence-corrected chi connectivity index (χ0v) is 30.2. The van der Waals surface area contributed by atoms with Crippen LogP contribution in [-0.4, -0.2) is 56.7 Å². The Hall–Kier alpha value is -2.36. The van der Waals surface area contributed by atoms with Crippen LogP contribution in [0.5, 0.6) is 0 Å². The minimum absolute atomic E-state index is 0.0598. The molecule has 10 heteroatoms. The number of carboxylic acid groups (broad SMARTS) is 2. The molecule has 9 atom stereocenters. The largest absolute Gasteiger partial charge is 0.481 e. The van der Waals surface area contributed by atoms with Crippen molar-refractivity contribution in [2.45, 2.75) is 132 Å². The van der Waals surface area contributed by atoms with E-state index in [1.54, 1.807) is 0 Å². The fourth-order valence-corrected chi connectivity index (χ4v) is 11.9. The molecule has 262 valence electrons. The van der Waals surface area contributed by atoms with Crippen LogP contribution in [0, 0.1) is 50.2 Å². The molecule has 5 rings (SSSR count). The van der Waals surface area contributed by atoms with Crippen LogP contribution in [0.15, 0.2) is 11.6 Å². The maximum absolute atomic E-state index is 14.6. The highest BCUT2D eigenvalue weighted by atomic mass is 32.1. The van der Waals surface area contributed by atoms with Gasteiger partial charge < -0.3 is 15.1 Å². The molecule has 0 aromatic rings. The van der Waals surface area contributed by atoms with Crippen LogP contribution < -0.4 is 0 Å². The number of carboxylic acids is 2. The minimum atomic E-state index is -1.54. The number of nitrogens with zero attached hydrogens (tertiary/aromatic N) is 1. The van der Waals surface area contributed by atoms with Gasteiger partial charge in [0.25, 0.3) is 5.91 Å². The van der Waals surface area contributed by atoms with Crippen molar-refractivity contribution in [3.8, 4) is 0 Å². The van der Waals surface area contributed by atoms with Crippen LogP contribution in [0.2, 0.25) is 0 Å². The Labute approximate surface area is 285 Å². The second-order valence-corrected chi connectivity index (χ2v) is 18.0. The lowest BCUT2D eigenvalue weighted by molar-refractivity contribution is -0.218. The predicted molar refractivity (Wildman–Crippen MR) is 179 cm³/mol. The highest BCUT2D eigenvalue weighted by molar-refractivity contribution is 7.80. The van der Waals surface area contributed by atoms with E-state index in [9.17, 15) is 29.1 Å². The zero-order chi connectivity index (χ0) is 35.0. The van der Waals surface area contributed by atoms with Gasteiger partial charge in [-0.1, -0.05) is 60.5 Å². The lowest BCUT2D eigenvalue weighted by Crippen LogP contribution is -2.65. The Bertz CT molecular complexity index is 1390. The number of carbonyl (C=O) groups excluding carboxylic acids is 3. The molecule has 0 spiro atoms. The number of ketones is 1. The standard InChI is InChI=1S/C37H55NO8S/c1-32(2)12-8-13-35(5)26(32)11-14-37(7)29(35)25(39)19-22-23-20-34(4,16-15-33(23,3)17-18-36(22,37)6)31(45)38(24(21-47)30(43)44)46-28(42)10-9-27(40)41/h19,23-24,26,29,47H,8-18,20-21H2,1-7H3,(H,40,41)(H,43,44)/t23-,24-,26?,29?,33+,34?,35-,36+,37+/m0/s1. The summed E-state index contributed by atoms with van der Waals surface area (Å²) in [7, 11) is 0. The van der Waals surface area contributed by atoms with Crippen molar-refractivity contribution in [1.29, 1.82) is 0 Å². The number of hydroxylamine groups is 2. The van der Waals surface area contributed by atoms with Gasteiger partial charge in [-0.3, -0.25) is 14.4 Å². The van der Waals surface area contributed by atoms with E-state index in [0.717, 1.165) is 44.1 Å². The van der Waals surface area contributed by atoms with Crippen molar-refractivity contribution < 1.29 is 39.0 Å². The third-order valence-electron chi connectivity index (χ3n) is 14.5. The molecule has 1 amide bonds. The second kappa shape index (κ2) is 11.9. The van der Waals surface area contributed by atoms with Crippen LogP contribution in [0.1, 0.15) is 126 Å². The lowest BCUT2D eigenvalue weighted by atomic mass is 9.33. The van der Waals surface area contributed by atoms with Crippen molar-refractivity contribution in [3.63, 3.8) is 0 Å². The van der Waals surface area contributed by atoms with Crippen molar-refractivity contribution in [3.05, 3.63) is 11.6 Å². The fraction of sp³-hybridized carbons (Fsp3) is 0.811. The number of aliphatic carboxylic acids is 2. The topological polar surface area (TPSA) is 138 Å². The molecule has 4 saturated carbocycles. The molecule has 0 bridgehead atoms. The number of hydrogen-bond donors (Lipinski definition) is 3. The third-order valence-corrected chi connectivity index (χ3v) is 14.9. The number of fused-ring (bicyclic) bond motifs is 7. The van der Waals surface area contributed by atoms with Crippen LogP contribution in [0.25, 0.3) is 0 Å². The average molecular weight is 674 g/mol. The number of allylic oxidation sites excluding steroid dienone is 2. The number of carbonyl (C=O) groups is 5. The number of thiol groups is 1. The van der Waals surface area contributed by atoms with Gasteiger partial charge in [-0.15, -0.1) is 0 Å². The third kappa shape index (κ3) is 5.56. The lowest BCUT2D eigenvalue weighted by Gasteiger charge is -2.70. The molecule has 5 aliphatic rings. The molecule has 0 aromatic heterocycles. The second-order valence-electron chi connectivity index (χ2n) is 17.6. The fourth-order valence-electron chi connectivity index (χ4n) is 11.6. The quantitative estimate of drug-likeness (QED) is 0.196. The first-order valence-corrected chi connectivity index (χ1v) is 18.2. The first kappa shape index (κ1) is 35.9. The molecular weight excluding hydrogens is 618 g/mol. The molecule has 0 saturated heterocycles. The number of amides is 1. The van der Waals surface area contributed by atoms with Crippen LogP contribution in [0.4, 0.5) is 0 Å². The Kier molecular flexibility index (Phi) is 9.10. The van der Waals surface area contributed by atoms with E-state index in [-0.39, 0.29) is 50.4 Å². The van der Waals surface area contributed by atoms with Gasteiger partial charge in [-0.25, -0.2) is 9.59 Å². The molecular formula is C37H55NO8S. The molecule has 2 N–H and O–H groups in total. The molecule has 47 heavy (non-hydrogen) atoms. The number of rotatable bonds is 7. The Morgan fingerprint density at radius 2 is 1.60 bits per heavy atom. The first-order valence-electron chi connectivity index (χ1n) is 17.5. The highest BCUT2D eigenvalue weighted by Gasteiger charge is 2.69. The monoisotopic (exact) mass is 673 g/mol. The smallest absolute Gasteiger partial charge is 0.333 e. The molecule has 0 heterocycles. The summed E-state index contributed by atoms with van der Waals surface area (Å²) in [6.07, 6.45) is 9.97. The summed E-state index contributed by atoms with van der Waals surface area (Å²) in [6, 6.07) is -1.54. The van der Waals surface area contributed by atoms with E-state index in [1.807, 2.05) is 13.0 Å². The molecule has 3 unspecified atom stereocenters. The summed E-state index contributed by atoms with van der Waals surface area (Å²) in [4.78, 5) is 70.2. The summed E-state index contributed by atoms with van der Waals surface area (Å²) >= 11 is 4.15. The van der Waals surface area contributed by atoms with E-state index in [4.69, 9.17) is 9.94 Å². The van der Waals surface area contributed by atoms with Crippen LogP contribution in [0.3, 0.4) is 0 Å². The van der Waals surface area contributed by atoms with Crippen LogP contribution in [-0.2, 0) is 28.8 Å². The van der Waals surface area contributed by atoms with Gasteiger partial charge in [0.2, 0.25) is 0 Å². The molecule has 0 aromatic carbocycles. The van der Waals surface area contributed by atoms with Gasteiger partial charge in [0, 0.05) is 11.7 Å². The minimum Gasteiger partial charge on any atom is -0.481 e. The maximum atomic E-state index is 14.6. The Morgan fingerprint density at radius 3 is 2.21 bits per heavy atom. The van der Waals surface area contributed by atoms with Gasteiger partial charge in [0.05, 0.1) is 18.3 Å².